The molecule has 0 aromatic carbocycles. The smallest absolute Gasteiger partial charge is 0.238 e. The molecule has 2 aliphatic rings. The van der Waals surface area contributed by atoms with Crippen molar-refractivity contribution in [1.29, 1.82) is 0 Å². The van der Waals surface area contributed by atoms with Crippen LogP contribution in [0.25, 0.3) is 0 Å². The second kappa shape index (κ2) is 5.65. The van der Waals surface area contributed by atoms with Gasteiger partial charge in [0, 0.05) is 13.6 Å². The van der Waals surface area contributed by atoms with Crippen LogP contribution in [-0.2, 0) is 9.63 Å². The van der Waals surface area contributed by atoms with Crippen LogP contribution in [0.5, 0.6) is 0 Å². The number of likely N-dealkylation sites (N-methyl/N-ethyl adjacent to an activating group) is 1. The van der Waals surface area contributed by atoms with Crippen LogP contribution in [0, 0.1) is 5.92 Å². The third-order valence-corrected chi connectivity index (χ3v) is 3.47. The summed E-state index contributed by atoms with van der Waals surface area (Å²) in [7, 11) is 1.91. The molecule has 0 bridgehead atoms. The number of nitrogens with two attached hydrogens (primary N) is 1. The number of hydrogen-bond acceptors (Lipinski definition) is 4. The van der Waals surface area contributed by atoms with Gasteiger partial charge in [-0.15, -0.1) is 6.58 Å². The lowest BCUT2D eigenvalue weighted by molar-refractivity contribution is -0.150. The maximum atomic E-state index is 11.2. The number of primary amides is 1. The Morgan fingerprint density at radius 3 is 3.00 bits per heavy atom. The topological polar surface area (TPSA) is 67.6 Å². The molecule has 5 heteroatoms. The number of hydrogen-bond donors (Lipinski definition) is 2. The predicted molar refractivity (Wildman–Crippen MR) is 69.5 cm³/mol. The molecule has 0 aromatic heterocycles. The first kappa shape index (κ1) is 13.3. The number of amides is 1. The van der Waals surface area contributed by atoms with E-state index >= 15 is 0 Å². The Balaban J connectivity index is 2.08. The minimum atomic E-state index is -0.343. The fourth-order valence-electron chi connectivity index (χ4n) is 2.33. The summed E-state index contributed by atoms with van der Waals surface area (Å²) in [5.74, 6) is 0.273. The van der Waals surface area contributed by atoms with Crippen LogP contribution in [0.2, 0.25) is 0 Å². The first-order chi connectivity index (χ1) is 8.63. The summed E-state index contributed by atoms with van der Waals surface area (Å²) in [6.45, 7) is 4.81. The van der Waals surface area contributed by atoms with Crippen molar-refractivity contribution in [3.05, 3.63) is 24.3 Å². The van der Waals surface area contributed by atoms with E-state index in [1.54, 1.807) is 6.08 Å². The molecule has 1 heterocycles. The van der Waals surface area contributed by atoms with Gasteiger partial charge in [0.15, 0.2) is 0 Å². The Bertz CT molecular complexity index is 363. The lowest BCUT2D eigenvalue weighted by atomic mass is 9.95. The second-order valence-electron chi connectivity index (χ2n) is 4.88. The van der Waals surface area contributed by atoms with Crippen LogP contribution in [0.15, 0.2) is 24.3 Å². The summed E-state index contributed by atoms with van der Waals surface area (Å²) in [5, 5.41) is 4.98. The van der Waals surface area contributed by atoms with Crippen molar-refractivity contribution in [3.63, 3.8) is 0 Å². The van der Waals surface area contributed by atoms with Gasteiger partial charge in [0.25, 0.3) is 0 Å². The molecule has 100 valence electrons. The van der Waals surface area contributed by atoms with E-state index in [0.29, 0.717) is 19.1 Å². The van der Waals surface area contributed by atoms with Crippen LogP contribution < -0.4 is 11.1 Å². The molecular formula is C13H21N3O2. The zero-order valence-corrected chi connectivity index (χ0v) is 10.8. The highest BCUT2D eigenvalue weighted by atomic mass is 16.7. The predicted octanol–water partition coefficient (Wildman–Crippen LogP) is 0.198. The minimum Gasteiger partial charge on any atom is -0.368 e. The fourth-order valence-corrected chi connectivity index (χ4v) is 2.33. The van der Waals surface area contributed by atoms with Gasteiger partial charge in [-0.25, -0.2) is 0 Å². The Morgan fingerprint density at radius 2 is 2.44 bits per heavy atom. The summed E-state index contributed by atoms with van der Waals surface area (Å²) < 4.78 is 0. The summed E-state index contributed by atoms with van der Waals surface area (Å²) in [4.78, 5) is 16.8. The van der Waals surface area contributed by atoms with E-state index in [1.807, 2.05) is 18.2 Å². The molecule has 2 rings (SSSR count). The molecule has 0 radical (unpaired) electrons. The van der Waals surface area contributed by atoms with Gasteiger partial charge in [0.1, 0.15) is 6.04 Å². The third kappa shape index (κ3) is 2.98. The standard InChI is InChI=1S/C13H21N3O2/c1-3-6-18-16(2)12-8-15-11(13(14)17)7-10(12)9-4-5-9/h3,7,9,11-12,15H,1,4-6,8H2,2H3,(H2,14,17)/t11-,12-/m0/s1. The Labute approximate surface area is 108 Å². The lowest BCUT2D eigenvalue weighted by Crippen LogP contribution is -2.52. The van der Waals surface area contributed by atoms with Crippen molar-refractivity contribution < 1.29 is 9.63 Å². The van der Waals surface area contributed by atoms with Crippen LogP contribution in [0.1, 0.15) is 12.8 Å². The maximum Gasteiger partial charge on any atom is 0.238 e. The first-order valence-corrected chi connectivity index (χ1v) is 6.34. The number of carbonyl (C=O) groups is 1. The van der Waals surface area contributed by atoms with Gasteiger partial charge in [-0.3, -0.25) is 9.63 Å². The summed E-state index contributed by atoms with van der Waals surface area (Å²) in [5.41, 5.74) is 6.63. The molecule has 1 aliphatic heterocycles. The number of nitrogens with zero attached hydrogens (tertiary/aromatic N) is 1. The first-order valence-electron chi connectivity index (χ1n) is 6.34. The highest BCUT2D eigenvalue weighted by Crippen LogP contribution is 2.40. The summed E-state index contributed by atoms with van der Waals surface area (Å²) >= 11 is 0. The molecule has 0 spiro atoms. The van der Waals surface area contributed by atoms with E-state index in [0.717, 1.165) is 0 Å². The van der Waals surface area contributed by atoms with Crippen molar-refractivity contribution in [2.24, 2.45) is 11.7 Å². The van der Waals surface area contributed by atoms with Crippen molar-refractivity contribution >= 4 is 5.91 Å². The normalized spacial score (nSPS) is 28.0. The van der Waals surface area contributed by atoms with Crippen molar-refractivity contribution in [2.75, 3.05) is 20.2 Å². The number of hydroxylamine groups is 2. The number of nitrogens with one attached hydrogen (secondary N) is 1. The summed E-state index contributed by atoms with van der Waals surface area (Å²) in [6, 6.07) is -0.169. The van der Waals surface area contributed by atoms with Gasteiger partial charge in [-0.05, 0) is 24.3 Å². The Morgan fingerprint density at radius 1 is 1.72 bits per heavy atom. The van der Waals surface area contributed by atoms with E-state index in [9.17, 15) is 4.79 Å². The highest BCUT2D eigenvalue weighted by molar-refractivity contribution is 5.82. The van der Waals surface area contributed by atoms with Gasteiger partial charge in [0.05, 0.1) is 12.6 Å². The van der Waals surface area contributed by atoms with Crippen LogP contribution in [-0.4, -0.2) is 43.3 Å². The number of rotatable bonds is 6. The average molecular weight is 251 g/mol. The molecular weight excluding hydrogens is 230 g/mol. The lowest BCUT2D eigenvalue weighted by Gasteiger charge is -2.34. The van der Waals surface area contributed by atoms with Gasteiger partial charge in [-0.1, -0.05) is 12.2 Å². The molecule has 18 heavy (non-hydrogen) atoms. The maximum absolute atomic E-state index is 11.2. The molecule has 1 saturated carbocycles. The van der Waals surface area contributed by atoms with E-state index < -0.39 is 0 Å². The van der Waals surface area contributed by atoms with E-state index in [4.69, 9.17) is 10.6 Å². The third-order valence-electron chi connectivity index (χ3n) is 3.47. The van der Waals surface area contributed by atoms with Gasteiger partial charge in [-0.2, -0.15) is 5.06 Å². The van der Waals surface area contributed by atoms with Crippen molar-refractivity contribution in [1.82, 2.24) is 10.4 Å². The SMILES string of the molecule is C=CCON(C)[C@H]1CN[C@H](C(N)=O)C=C1C1CC1. The Kier molecular flexibility index (Phi) is 4.16. The van der Waals surface area contributed by atoms with Crippen molar-refractivity contribution in [3.8, 4) is 0 Å². The van der Waals surface area contributed by atoms with Crippen molar-refractivity contribution in [2.45, 2.75) is 24.9 Å². The quantitative estimate of drug-likeness (QED) is 0.522. The zero-order chi connectivity index (χ0) is 13.1. The summed E-state index contributed by atoms with van der Waals surface area (Å²) in [6.07, 6.45) is 6.09. The monoisotopic (exact) mass is 251 g/mol. The molecule has 0 aromatic rings. The highest BCUT2D eigenvalue weighted by Gasteiger charge is 2.37. The van der Waals surface area contributed by atoms with E-state index in [2.05, 4.69) is 11.9 Å². The molecule has 0 unspecified atom stereocenters. The molecule has 1 aliphatic carbocycles. The largest absolute Gasteiger partial charge is 0.368 e. The Hall–Kier alpha value is -1.17. The van der Waals surface area contributed by atoms with Crippen LogP contribution in [0.4, 0.5) is 0 Å². The molecule has 2 atom stereocenters. The molecule has 1 amide bonds. The van der Waals surface area contributed by atoms with E-state index in [-0.39, 0.29) is 18.0 Å². The molecule has 3 N–H and O–H groups in total. The molecule has 5 nitrogen and oxygen atoms in total. The molecule has 1 fully saturated rings. The zero-order valence-electron chi connectivity index (χ0n) is 10.8. The average Bonchev–Trinajstić information content (AvgIpc) is 3.19. The van der Waals surface area contributed by atoms with Gasteiger partial charge in [0.2, 0.25) is 5.91 Å². The van der Waals surface area contributed by atoms with E-state index in [1.165, 1.54) is 18.4 Å². The van der Waals surface area contributed by atoms with Crippen LogP contribution in [0.3, 0.4) is 0 Å². The fraction of sp³-hybridized carbons (Fsp3) is 0.615. The molecule has 0 saturated heterocycles. The van der Waals surface area contributed by atoms with Gasteiger partial charge >= 0.3 is 0 Å². The minimum absolute atomic E-state index is 0.174. The number of carbonyl (C=O) groups excluding carboxylic acids is 1. The van der Waals surface area contributed by atoms with Gasteiger partial charge < -0.3 is 11.1 Å². The second-order valence-corrected chi connectivity index (χ2v) is 4.88. The van der Waals surface area contributed by atoms with Crippen LogP contribution >= 0.6 is 0 Å².